The molecule has 0 saturated carbocycles. The summed E-state index contributed by atoms with van der Waals surface area (Å²) in [4.78, 5) is 22.7. The number of carbonyl (C=O) groups is 2. The third-order valence-corrected chi connectivity index (χ3v) is 3.53. The molecule has 110 valence electrons. The monoisotopic (exact) mass is 384 g/mol. The van der Waals surface area contributed by atoms with Gasteiger partial charge in [0.1, 0.15) is 6.10 Å². The Kier molecular flexibility index (Phi) is 8.79. The lowest BCUT2D eigenvalue weighted by Gasteiger charge is -2.30. The van der Waals surface area contributed by atoms with Gasteiger partial charge in [0.15, 0.2) is 0 Å². The van der Waals surface area contributed by atoms with Crippen molar-refractivity contribution in [1.29, 1.82) is 0 Å². The summed E-state index contributed by atoms with van der Waals surface area (Å²) >= 11 is 2.27. The Morgan fingerprint density at radius 1 is 1.26 bits per heavy atom. The maximum atomic E-state index is 11.8. The predicted octanol–water partition coefficient (Wildman–Crippen LogP) is 2.47. The summed E-state index contributed by atoms with van der Waals surface area (Å²) in [6, 6.07) is 0. The molecule has 1 atom stereocenters. The second-order valence-electron chi connectivity index (χ2n) is 4.50. The number of methoxy groups -OCH3 is 2. The second kappa shape index (κ2) is 9.17. The fraction of sp³-hybridized carbons (Fsp3) is 0.692. The van der Waals surface area contributed by atoms with E-state index in [0.29, 0.717) is 6.42 Å². The first-order valence-corrected chi connectivity index (χ1v) is 7.47. The molecule has 0 aromatic heterocycles. The molecule has 0 fully saturated rings. The van der Waals surface area contributed by atoms with Crippen molar-refractivity contribution in [2.75, 3.05) is 18.6 Å². The molecule has 0 aromatic rings. The fourth-order valence-electron chi connectivity index (χ4n) is 1.51. The van der Waals surface area contributed by atoms with Crippen LogP contribution in [0.1, 0.15) is 26.7 Å². The maximum Gasteiger partial charge on any atom is 0.333 e. The van der Waals surface area contributed by atoms with Crippen LogP contribution in [0.5, 0.6) is 0 Å². The first-order chi connectivity index (χ1) is 8.89. The standard InChI is InChI=1S/C13H21IO5/c1-13(2,12(16)18-4)10(6-5-8-14)19-9-7-11(15)17-3/h7,9-10H,5-6,8H2,1-4H3/b9-7+/t10-/m1/s1. The minimum atomic E-state index is -0.777. The summed E-state index contributed by atoms with van der Waals surface area (Å²) in [5, 5.41) is 0. The highest BCUT2D eigenvalue weighted by molar-refractivity contribution is 14.1. The SMILES string of the molecule is COC(=O)/C=C/O[C@H](CCCI)C(C)(C)C(=O)OC. The molecule has 0 heterocycles. The van der Waals surface area contributed by atoms with Gasteiger partial charge in [-0.2, -0.15) is 0 Å². The van der Waals surface area contributed by atoms with Crippen molar-refractivity contribution in [3.63, 3.8) is 0 Å². The third kappa shape index (κ3) is 6.26. The molecule has 5 nitrogen and oxygen atoms in total. The average molecular weight is 384 g/mol. The maximum absolute atomic E-state index is 11.8. The van der Waals surface area contributed by atoms with Gasteiger partial charge in [0.05, 0.1) is 32.0 Å². The van der Waals surface area contributed by atoms with Crippen molar-refractivity contribution in [1.82, 2.24) is 0 Å². The van der Waals surface area contributed by atoms with Gasteiger partial charge >= 0.3 is 11.9 Å². The van der Waals surface area contributed by atoms with Crippen LogP contribution in [0.3, 0.4) is 0 Å². The summed E-state index contributed by atoms with van der Waals surface area (Å²) in [6.07, 6.45) is 3.73. The Morgan fingerprint density at radius 2 is 1.89 bits per heavy atom. The van der Waals surface area contributed by atoms with Crippen molar-refractivity contribution in [3.05, 3.63) is 12.3 Å². The van der Waals surface area contributed by atoms with E-state index in [2.05, 4.69) is 27.3 Å². The zero-order valence-corrected chi connectivity index (χ0v) is 13.9. The molecule has 0 bridgehead atoms. The van der Waals surface area contributed by atoms with E-state index in [-0.39, 0.29) is 12.1 Å². The molecule has 0 amide bonds. The van der Waals surface area contributed by atoms with Crippen LogP contribution >= 0.6 is 22.6 Å². The van der Waals surface area contributed by atoms with Gasteiger partial charge in [-0.05, 0) is 31.1 Å². The molecule has 0 aliphatic heterocycles. The first kappa shape index (κ1) is 18.2. The van der Waals surface area contributed by atoms with Crippen LogP contribution in [0.15, 0.2) is 12.3 Å². The molecule has 19 heavy (non-hydrogen) atoms. The Morgan fingerprint density at radius 3 is 2.37 bits per heavy atom. The number of esters is 2. The summed E-state index contributed by atoms with van der Waals surface area (Å²) in [6.45, 7) is 3.53. The number of halogens is 1. The van der Waals surface area contributed by atoms with E-state index >= 15 is 0 Å². The Balaban J connectivity index is 4.75. The van der Waals surface area contributed by atoms with Crippen LogP contribution in [0.4, 0.5) is 0 Å². The Bertz CT molecular complexity index is 325. The van der Waals surface area contributed by atoms with Gasteiger partial charge in [-0.25, -0.2) is 4.79 Å². The van der Waals surface area contributed by atoms with E-state index in [1.165, 1.54) is 26.6 Å². The number of hydrogen-bond acceptors (Lipinski definition) is 5. The van der Waals surface area contributed by atoms with Crippen molar-refractivity contribution < 1.29 is 23.8 Å². The van der Waals surface area contributed by atoms with Crippen molar-refractivity contribution in [3.8, 4) is 0 Å². The lowest BCUT2D eigenvalue weighted by atomic mass is 9.84. The summed E-state index contributed by atoms with van der Waals surface area (Å²) < 4.78 is 15.7. The topological polar surface area (TPSA) is 61.8 Å². The highest BCUT2D eigenvalue weighted by Gasteiger charge is 2.38. The third-order valence-electron chi connectivity index (χ3n) is 2.76. The molecule has 0 N–H and O–H groups in total. The number of hydrogen-bond donors (Lipinski definition) is 0. The van der Waals surface area contributed by atoms with E-state index in [4.69, 9.17) is 9.47 Å². The fourth-order valence-corrected chi connectivity index (χ4v) is 1.95. The van der Waals surface area contributed by atoms with E-state index in [0.717, 1.165) is 10.8 Å². The first-order valence-electron chi connectivity index (χ1n) is 5.94. The van der Waals surface area contributed by atoms with Crippen LogP contribution in [0.2, 0.25) is 0 Å². The van der Waals surface area contributed by atoms with Gasteiger partial charge in [0.25, 0.3) is 0 Å². The van der Waals surface area contributed by atoms with E-state index in [9.17, 15) is 9.59 Å². The van der Waals surface area contributed by atoms with Gasteiger partial charge in [0.2, 0.25) is 0 Å². The van der Waals surface area contributed by atoms with Gasteiger partial charge < -0.3 is 14.2 Å². The van der Waals surface area contributed by atoms with E-state index < -0.39 is 11.4 Å². The minimum Gasteiger partial charge on any atom is -0.497 e. The van der Waals surface area contributed by atoms with Crippen molar-refractivity contribution >= 4 is 34.5 Å². The van der Waals surface area contributed by atoms with Crippen LogP contribution in [0, 0.1) is 5.41 Å². The normalized spacial score (nSPS) is 13.1. The van der Waals surface area contributed by atoms with E-state index in [1.54, 1.807) is 13.8 Å². The molecular weight excluding hydrogens is 363 g/mol. The molecule has 0 aliphatic carbocycles. The molecular formula is C13H21IO5. The molecule has 0 spiro atoms. The smallest absolute Gasteiger partial charge is 0.333 e. The molecule has 0 aromatic carbocycles. The zero-order valence-electron chi connectivity index (χ0n) is 11.8. The van der Waals surface area contributed by atoms with Gasteiger partial charge in [-0.15, -0.1) is 0 Å². The molecule has 0 aliphatic rings. The highest BCUT2D eigenvalue weighted by atomic mass is 127. The van der Waals surface area contributed by atoms with Crippen LogP contribution in [0.25, 0.3) is 0 Å². The van der Waals surface area contributed by atoms with Crippen LogP contribution in [-0.4, -0.2) is 36.7 Å². The Hall–Kier alpha value is -0.790. The molecule has 0 unspecified atom stereocenters. The number of rotatable bonds is 8. The Labute approximate surface area is 127 Å². The molecule has 0 saturated heterocycles. The van der Waals surface area contributed by atoms with E-state index in [1.807, 2.05) is 0 Å². The predicted molar refractivity (Wildman–Crippen MR) is 79.9 cm³/mol. The number of carbonyl (C=O) groups excluding carboxylic acids is 2. The summed E-state index contributed by atoms with van der Waals surface area (Å²) in [5.41, 5.74) is -0.777. The molecule has 6 heteroatoms. The van der Waals surface area contributed by atoms with Crippen molar-refractivity contribution in [2.45, 2.75) is 32.8 Å². The van der Waals surface area contributed by atoms with Gasteiger partial charge in [-0.3, -0.25) is 4.79 Å². The molecule has 0 rings (SSSR count). The zero-order chi connectivity index (χ0) is 14.9. The van der Waals surface area contributed by atoms with Gasteiger partial charge in [0, 0.05) is 0 Å². The minimum absolute atomic E-state index is 0.336. The number of alkyl halides is 1. The van der Waals surface area contributed by atoms with Crippen molar-refractivity contribution in [2.24, 2.45) is 5.41 Å². The lowest BCUT2D eigenvalue weighted by molar-refractivity contribution is -0.157. The summed E-state index contributed by atoms with van der Waals surface area (Å²) in [5.74, 6) is -0.832. The van der Waals surface area contributed by atoms with Crippen LogP contribution in [-0.2, 0) is 23.8 Å². The van der Waals surface area contributed by atoms with Gasteiger partial charge in [-0.1, -0.05) is 22.6 Å². The second-order valence-corrected chi connectivity index (χ2v) is 5.57. The number of ether oxygens (including phenoxy) is 3. The summed E-state index contributed by atoms with van der Waals surface area (Å²) in [7, 11) is 2.64. The molecule has 0 radical (unpaired) electrons. The lowest BCUT2D eigenvalue weighted by Crippen LogP contribution is -2.39. The van der Waals surface area contributed by atoms with Crippen LogP contribution < -0.4 is 0 Å². The quantitative estimate of drug-likeness (QED) is 0.212. The highest BCUT2D eigenvalue weighted by Crippen LogP contribution is 2.29. The largest absolute Gasteiger partial charge is 0.497 e. The average Bonchev–Trinajstić information content (AvgIpc) is 2.40.